The third kappa shape index (κ3) is 2.06. The Morgan fingerprint density at radius 2 is 2.12 bits per heavy atom. The van der Waals surface area contributed by atoms with Gasteiger partial charge in [0.1, 0.15) is 11.5 Å². The second-order valence-electron chi connectivity index (χ2n) is 3.93. The molecule has 4 heteroatoms. The third-order valence-electron chi connectivity index (χ3n) is 2.81. The van der Waals surface area contributed by atoms with E-state index in [0.29, 0.717) is 18.1 Å². The summed E-state index contributed by atoms with van der Waals surface area (Å²) in [6.07, 6.45) is 0. The molecule has 1 aromatic heterocycles. The highest BCUT2D eigenvalue weighted by molar-refractivity contribution is 5.99. The lowest BCUT2D eigenvalue weighted by atomic mass is 10.1. The van der Waals surface area contributed by atoms with Crippen molar-refractivity contribution in [3.05, 3.63) is 36.0 Å². The minimum absolute atomic E-state index is 0.107. The number of pyridine rings is 1. The monoisotopic (exact) mass is 229 g/mol. The van der Waals surface area contributed by atoms with E-state index in [9.17, 15) is 4.79 Å². The lowest BCUT2D eigenvalue weighted by Crippen LogP contribution is -2.27. The van der Waals surface area contributed by atoms with Crippen molar-refractivity contribution in [1.29, 1.82) is 0 Å². The number of rotatable bonds is 2. The number of hydrogen-bond donors (Lipinski definition) is 1. The first-order valence-corrected chi connectivity index (χ1v) is 5.54. The molecule has 0 aliphatic rings. The van der Waals surface area contributed by atoms with E-state index in [-0.39, 0.29) is 5.91 Å². The first-order valence-electron chi connectivity index (χ1n) is 5.54. The van der Waals surface area contributed by atoms with Crippen molar-refractivity contribution < 1.29 is 4.79 Å². The van der Waals surface area contributed by atoms with Gasteiger partial charge in [0, 0.05) is 19.0 Å². The molecule has 17 heavy (non-hydrogen) atoms. The van der Waals surface area contributed by atoms with Gasteiger partial charge in [-0.05, 0) is 18.4 Å². The van der Waals surface area contributed by atoms with Gasteiger partial charge in [-0.15, -0.1) is 0 Å². The van der Waals surface area contributed by atoms with Gasteiger partial charge < -0.3 is 10.6 Å². The lowest BCUT2D eigenvalue weighted by molar-refractivity contribution is 0.0797. The minimum Gasteiger partial charge on any atom is -0.383 e. The zero-order valence-electron chi connectivity index (χ0n) is 9.97. The van der Waals surface area contributed by atoms with Crippen LogP contribution in [0, 0.1) is 0 Å². The quantitative estimate of drug-likeness (QED) is 0.855. The number of nitrogen functional groups attached to an aromatic ring is 1. The lowest BCUT2D eigenvalue weighted by Gasteiger charge is -2.14. The fourth-order valence-corrected chi connectivity index (χ4v) is 1.67. The molecule has 0 radical (unpaired) electrons. The van der Waals surface area contributed by atoms with Gasteiger partial charge in [0.05, 0.1) is 0 Å². The number of carbonyl (C=O) groups is 1. The number of amides is 1. The summed E-state index contributed by atoms with van der Waals surface area (Å²) in [5.41, 5.74) is 6.25. The third-order valence-corrected chi connectivity index (χ3v) is 2.81. The van der Waals surface area contributed by atoms with Crippen molar-refractivity contribution in [2.45, 2.75) is 6.92 Å². The van der Waals surface area contributed by atoms with E-state index in [4.69, 9.17) is 5.73 Å². The Balaban J connectivity index is 2.54. The Morgan fingerprint density at radius 1 is 1.41 bits per heavy atom. The number of fused-ring (bicyclic) bond motifs is 1. The number of nitrogens with zero attached hydrogens (tertiary/aromatic N) is 2. The SMILES string of the molecule is CCN(C)C(=O)c1cc2ccccc2c(N)n1. The van der Waals surface area contributed by atoms with Gasteiger partial charge in [-0.1, -0.05) is 24.3 Å². The van der Waals surface area contributed by atoms with Crippen LogP contribution in [0.25, 0.3) is 10.8 Å². The summed E-state index contributed by atoms with van der Waals surface area (Å²) in [6.45, 7) is 2.57. The van der Waals surface area contributed by atoms with E-state index in [1.54, 1.807) is 18.0 Å². The summed E-state index contributed by atoms with van der Waals surface area (Å²) in [6, 6.07) is 9.42. The Morgan fingerprint density at radius 3 is 2.82 bits per heavy atom. The van der Waals surface area contributed by atoms with Crippen LogP contribution < -0.4 is 5.73 Å². The molecule has 1 aromatic carbocycles. The summed E-state index contributed by atoms with van der Waals surface area (Å²) in [5, 5.41) is 1.82. The Labute approximate surface area is 100 Å². The zero-order valence-corrected chi connectivity index (χ0v) is 9.97. The van der Waals surface area contributed by atoms with Crippen molar-refractivity contribution in [2.75, 3.05) is 19.3 Å². The predicted molar refractivity (Wildman–Crippen MR) is 68.8 cm³/mol. The van der Waals surface area contributed by atoms with Gasteiger partial charge >= 0.3 is 0 Å². The second kappa shape index (κ2) is 4.41. The largest absolute Gasteiger partial charge is 0.383 e. The molecule has 88 valence electrons. The van der Waals surface area contributed by atoms with E-state index < -0.39 is 0 Å². The van der Waals surface area contributed by atoms with E-state index in [2.05, 4.69) is 4.98 Å². The highest BCUT2D eigenvalue weighted by Crippen LogP contribution is 2.20. The average Bonchev–Trinajstić information content (AvgIpc) is 2.37. The number of hydrogen-bond acceptors (Lipinski definition) is 3. The van der Waals surface area contributed by atoms with Gasteiger partial charge in [0.2, 0.25) is 0 Å². The van der Waals surface area contributed by atoms with Crippen molar-refractivity contribution in [1.82, 2.24) is 9.88 Å². The number of carbonyl (C=O) groups excluding carboxylic acids is 1. The molecular weight excluding hydrogens is 214 g/mol. The van der Waals surface area contributed by atoms with Crippen LogP contribution in [0.5, 0.6) is 0 Å². The molecule has 1 amide bonds. The number of nitrogens with two attached hydrogens (primary N) is 1. The maximum atomic E-state index is 12.0. The summed E-state index contributed by atoms with van der Waals surface area (Å²) in [4.78, 5) is 17.7. The fourth-order valence-electron chi connectivity index (χ4n) is 1.67. The maximum Gasteiger partial charge on any atom is 0.272 e. The first-order chi connectivity index (χ1) is 8.13. The number of anilines is 1. The molecule has 0 spiro atoms. The van der Waals surface area contributed by atoms with Crippen LogP contribution in [0.15, 0.2) is 30.3 Å². The van der Waals surface area contributed by atoms with Crippen molar-refractivity contribution >= 4 is 22.5 Å². The molecule has 0 atom stereocenters. The van der Waals surface area contributed by atoms with Crippen LogP contribution in [0.2, 0.25) is 0 Å². The van der Waals surface area contributed by atoms with Gasteiger partial charge in [-0.25, -0.2) is 4.98 Å². The Hall–Kier alpha value is -2.10. The molecule has 0 unspecified atom stereocenters. The molecule has 0 saturated carbocycles. The van der Waals surface area contributed by atoms with Crippen molar-refractivity contribution in [3.63, 3.8) is 0 Å². The molecule has 2 aromatic rings. The summed E-state index contributed by atoms with van der Waals surface area (Å²) in [7, 11) is 1.75. The molecule has 4 nitrogen and oxygen atoms in total. The predicted octanol–water partition coefficient (Wildman–Crippen LogP) is 1.91. The normalized spacial score (nSPS) is 10.5. The van der Waals surface area contributed by atoms with E-state index in [1.807, 2.05) is 31.2 Å². The standard InChI is InChI=1S/C13H15N3O/c1-3-16(2)13(17)11-8-9-6-4-5-7-10(9)12(14)15-11/h4-8H,3H2,1-2H3,(H2,14,15). The maximum absolute atomic E-state index is 12.0. The van der Waals surface area contributed by atoms with E-state index in [1.165, 1.54) is 0 Å². The van der Waals surface area contributed by atoms with Gasteiger partial charge in [-0.2, -0.15) is 0 Å². The van der Waals surface area contributed by atoms with Crippen LogP contribution in [-0.4, -0.2) is 29.4 Å². The van der Waals surface area contributed by atoms with Crippen molar-refractivity contribution in [2.24, 2.45) is 0 Å². The number of aromatic nitrogens is 1. The van der Waals surface area contributed by atoms with Gasteiger partial charge in [0.15, 0.2) is 0 Å². The van der Waals surface area contributed by atoms with E-state index >= 15 is 0 Å². The first kappa shape index (κ1) is 11.4. The zero-order chi connectivity index (χ0) is 12.4. The summed E-state index contributed by atoms with van der Waals surface area (Å²) >= 11 is 0. The van der Waals surface area contributed by atoms with Crippen LogP contribution in [-0.2, 0) is 0 Å². The minimum atomic E-state index is -0.107. The highest BCUT2D eigenvalue weighted by Gasteiger charge is 2.13. The summed E-state index contributed by atoms with van der Waals surface area (Å²) in [5.74, 6) is 0.293. The molecule has 0 fully saturated rings. The molecule has 0 aliphatic carbocycles. The van der Waals surface area contributed by atoms with Crippen LogP contribution in [0.1, 0.15) is 17.4 Å². The smallest absolute Gasteiger partial charge is 0.272 e. The average molecular weight is 229 g/mol. The molecule has 0 aliphatic heterocycles. The summed E-state index contributed by atoms with van der Waals surface area (Å²) < 4.78 is 0. The molecule has 2 rings (SSSR count). The molecule has 2 N–H and O–H groups in total. The van der Waals surface area contributed by atoms with Crippen LogP contribution in [0.3, 0.4) is 0 Å². The van der Waals surface area contributed by atoms with E-state index in [0.717, 1.165) is 10.8 Å². The van der Waals surface area contributed by atoms with Crippen molar-refractivity contribution in [3.8, 4) is 0 Å². The fraction of sp³-hybridized carbons (Fsp3) is 0.231. The molecule has 0 bridgehead atoms. The van der Waals surface area contributed by atoms with Gasteiger partial charge in [-0.3, -0.25) is 4.79 Å². The van der Waals surface area contributed by atoms with Crippen LogP contribution in [0.4, 0.5) is 5.82 Å². The molecular formula is C13H15N3O. The van der Waals surface area contributed by atoms with Crippen LogP contribution >= 0.6 is 0 Å². The number of benzene rings is 1. The second-order valence-corrected chi connectivity index (χ2v) is 3.93. The Bertz CT molecular complexity index is 566. The molecule has 1 heterocycles. The van der Waals surface area contributed by atoms with Gasteiger partial charge in [0.25, 0.3) is 5.91 Å². The Kier molecular flexibility index (Phi) is 2.95. The molecule has 0 saturated heterocycles. The topological polar surface area (TPSA) is 59.2 Å². The highest BCUT2D eigenvalue weighted by atomic mass is 16.2.